The average molecular weight is 610 g/mol. The van der Waals surface area contributed by atoms with Crippen LogP contribution in [0.15, 0.2) is 133 Å². The van der Waals surface area contributed by atoms with Crippen LogP contribution in [0.3, 0.4) is 0 Å². The van der Waals surface area contributed by atoms with Gasteiger partial charge in [0.15, 0.2) is 5.82 Å². The maximum absolute atomic E-state index is 5.14. The summed E-state index contributed by atoms with van der Waals surface area (Å²) >= 11 is 1.87. The molecule has 0 aliphatic carbocycles. The SMILES string of the molecule is Cc1ccc(-c2nc(-c3ccc(N4c5ccccc5C(C)(C)c5cc6c(cc54)sc4ccccc46)cc3)nc3ccccc23)cc1. The van der Waals surface area contributed by atoms with E-state index in [1.807, 2.05) is 17.4 Å². The minimum absolute atomic E-state index is 0.148. The molecule has 3 nitrogen and oxygen atoms in total. The van der Waals surface area contributed by atoms with Gasteiger partial charge in [0.1, 0.15) is 0 Å². The van der Waals surface area contributed by atoms with E-state index in [1.54, 1.807) is 0 Å². The summed E-state index contributed by atoms with van der Waals surface area (Å²) < 4.78 is 2.64. The van der Waals surface area contributed by atoms with Gasteiger partial charge < -0.3 is 4.90 Å². The molecule has 4 heteroatoms. The van der Waals surface area contributed by atoms with E-state index < -0.39 is 0 Å². The second-order valence-corrected chi connectivity index (χ2v) is 13.9. The maximum atomic E-state index is 5.14. The van der Waals surface area contributed by atoms with Gasteiger partial charge in [0.05, 0.1) is 22.6 Å². The van der Waals surface area contributed by atoms with Crippen molar-refractivity contribution < 1.29 is 0 Å². The molecule has 6 aromatic carbocycles. The highest BCUT2D eigenvalue weighted by atomic mass is 32.1. The third-order valence-electron chi connectivity index (χ3n) is 9.54. The largest absolute Gasteiger partial charge is 0.310 e. The zero-order valence-electron chi connectivity index (χ0n) is 26.0. The Kier molecular flexibility index (Phi) is 5.93. The molecule has 220 valence electrons. The molecular weight excluding hydrogens is 579 g/mol. The Hall–Kier alpha value is -5.32. The molecule has 0 fully saturated rings. The van der Waals surface area contributed by atoms with Crippen molar-refractivity contribution >= 4 is 59.5 Å². The molecule has 0 unspecified atom stereocenters. The van der Waals surface area contributed by atoms with Gasteiger partial charge in [0.25, 0.3) is 0 Å². The van der Waals surface area contributed by atoms with Crippen LogP contribution in [0.5, 0.6) is 0 Å². The number of benzene rings is 6. The highest BCUT2D eigenvalue weighted by molar-refractivity contribution is 7.25. The van der Waals surface area contributed by atoms with Crippen LogP contribution in [-0.2, 0) is 5.41 Å². The van der Waals surface area contributed by atoms with Crippen molar-refractivity contribution in [1.82, 2.24) is 9.97 Å². The second kappa shape index (κ2) is 10.1. The number of aromatic nitrogens is 2. The molecular formula is C42H31N3S. The Labute approximate surface area is 272 Å². The first-order chi connectivity index (χ1) is 22.5. The number of rotatable bonds is 3. The predicted molar refractivity (Wildman–Crippen MR) is 195 cm³/mol. The van der Waals surface area contributed by atoms with E-state index in [0.717, 1.165) is 39.2 Å². The van der Waals surface area contributed by atoms with Gasteiger partial charge in [0, 0.05) is 47.8 Å². The Bertz CT molecular complexity index is 2450. The Morgan fingerprint density at radius 3 is 2.09 bits per heavy atom. The van der Waals surface area contributed by atoms with Crippen molar-refractivity contribution in [3.05, 3.63) is 150 Å². The molecule has 1 aliphatic rings. The van der Waals surface area contributed by atoms with E-state index in [2.05, 4.69) is 153 Å². The quantitative estimate of drug-likeness (QED) is 0.200. The van der Waals surface area contributed by atoms with E-state index in [-0.39, 0.29) is 5.41 Å². The minimum atomic E-state index is -0.148. The maximum Gasteiger partial charge on any atom is 0.160 e. The standard InChI is InChI=1S/C42H31N3S/c1-26-16-18-27(19-17-26)40-31-11-4-7-13-35(31)43-41(44-40)28-20-22-29(23-21-28)45-36-14-8-6-12-33(36)42(2,3)34-24-32-30-10-5-9-15-38(30)46-39(32)25-37(34)45/h4-25H,1-3H3. The molecule has 0 radical (unpaired) electrons. The third-order valence-corrected chi connectivity index (χ3v) is 10.7. The monoisotopic (exact) mass is 609 g/mol. The molecule has 0 atom stereocenters. The van der Waals surface area contributed by atoms with Gasteiger partial charge in [-0.1, -0.05) is 98.3 Å². The summed E-state index contributed by atoms with van der Waals surface area (Å²) in [4.78, 5) is 12.6. The van der Waals surface area contributed by atoms with E-state index in [0.29, 0.717) is 0 Å². The van der Waals surface area contributed by atoms with Crippen LogP contribution < -0.4 is 4.90 Å². The van der Waals surface area contributed by atoms with Crippen molar-refractivity contribution in [1.29, 1.82) is 0 Å². The van der Waals surface area contributed by atoms with E-state index in [1.165, 1.54) is 48.2 Å². The summed E-state index contributed by atoms with van der Waals surface area (Å²) in [5.41, 5.74) is 11.3. The smallest absolute Gasteiger partial charge is 0.160 e. The highest BCUT2D eigenvalue weighted by Crippen LogP contribution is 2.54. The van der Waals surface area contributed by atoms with Crippen molar-refractivity contribution in [3.63, 3.8) is 0 Å². The number of thiophene rings is 1. The summed E-state index contributed by atoms with van der Waals surface area (Å²) in [5, 5.41) is 3.72. The number of para-hydroxylation sites is 2. The lowest BCUT2D eigenvalue weighted by molar-refractivity contribution is 0.633. The van der Waals surface area contributed by atoms with Crippen LogP contribution in [0, 0.1) is 6.92 Å². The van der Waals surface area contributed by atoms with Gasteiger partial charge in [-0.3, -0.25) is 0 Å². The second-order valence-electron chi connectivity index (χ2n) is 12.8. The molecule has 0 saturated heterocycles. The summed E-state index contributed by atoms with van der Waals surface area (Å²) in [6, 6.07) is 48.1. The zero-order valence-corrected chi connectivity index (χ0v) is 26.8. The first-order valence-electron chi connectivity index (χ1n) is 15.8. The van der Waals surface area contributed by atoms with Crippen molar-refractivity contribution in [2.24, 2.45) is 0 Å². The topological polar surface area (TPSA) is 29.0 Å². The average Bonchev–Trinajstić information content (AvgIpc) is 3.46. The van der Waals surface area contributed by atoms with Crippen LogP contribution >= 0.6 is 11.3 Å². The number of nitrogens with zero attached hydrogens (tertiary/aromatic N) is 3. The molecule has 8 aromatic rings. The lowest BCUT2D eigenvalue weighted by Gasteiger charge is -2.42. The first kappa shape index (κ1) is 27.0. The van der Waals surface area contributed by atoms with Crippen LogP contribution in [0.25, 0.3) is 53.7 Å². The predicted octanol–water partition coefficient (Wildman–Crippen LogP) is 11.7. The number of anilines is 3. The van der Waals surface area contributed by atoms with Crippen LogP contribution in [-0.4, -0.2) is 9.97 Å². The normalized spacial score (nSPS) is 13.7. The van der Waals surface area contributed by atoms with E-state index in [9.17, 15) is 0 Å². The first-order valence-corrected chi connectivity index (χ1v) is 16.6. The summed E-state index contributed by atoms with van der Waals surface area (Å²) in [7, 11) is 0. The van der Waals surface area contributed by atoms with Crippen LogP contribution in [0.2, 0.25) is 0 Å². The molecule has 2 aromatic heterocycles. The van der Waals surface area contributed by atoms with Gasteiger partial charge in [-0.25, -0.2) is 9.97 Å². The number of hydrogen-bond donors (Lipinski definition) is 0. The number of aryl methyl sites for hydroxylation is 1. The lowest BCUT2D eigenvalue weighted by Crippen LogP contribution is -2.30. The lowest BCUT2D eigenvalue weighted by atomic mass is 9.73. The number of fused-ring (bicyclic) bond motifs is 6. The Morgan fingerprint density at radius 1 is 0.565 bits per heavy atom. The van der Waals surface area contributed by atoms with Crippen molar-refractivity contribution in [3.8, 4) is 22.6 Å². The molecule has 0 N–H and O–H groups in total. The van der Waals surface area contributed by atoms with Crippen molar-refractivity contribution in [2.45, 2.75) is 26.2 Å². The molecule has 1 aliphatic heterocycles. The Morgan fingerprint density at radius 2 is 1.26 bits per heavy atom. The minimum Gasteiger partial charge on any atom is -0.310 e. The highest BCUT2D eigenvalue weighted by Gasteiger charge is 2.37. The van der Waals surface area contributed by atoms with E-state index >= 15 is 0 Å². The fourth-order valence-corrected chi connectivity index (χ4v) is 8.21. The van der Waals surface area contributed by atoms with Gasteiger partial charge in [-0.15, -0.1) is 11.3 Å². The van der Waals surface area contributed by atoms with Gasteiger partial charge >= 0.3 is 0 Å². The van der Waals surface area contributed by atoms with Crippen molar-refractivity contribution in [2.75, 3.05) is 4.90 Å². The molecule has 0 spiro atoms. The molecule has 46 heavy (non-hydrogen) atoms. The third kappa shape index (κ3) is 4.10. The fraction of sp³-hybridized carbons (Fsp3) is 0.0952. The van der Waals surface area contributed by atoms with Crippen LogP contribution in [0.4, 0.5) is 17.1 Å². The van der Waals surface area contributed by atoms with E-state index in [4.69, 9.17) is 9.97 Å². The molecule has 0 saturated carbocycles. The molecule has 3 heterocycles. The molecule has 0 amide bonds. The fourth-order valence-electron chi connectivity index (χ4n) is 7.09. The van der Waals surface area contributed by atoms with Crippen LogP contribution in [0.1, 0.15) is 30.5 Å². The van der Waals surface area contributed by atoms with Gasteiger partial charge in [-0.2, -0.15) is 0 Å². The Balaban J connectivity index is 1.20. The zero-order chi connectivity index (χ0) is 31.0. The summed E-state index contributed by atoms with van der Waals surface area (Å²) in [6.07, 6.45) is 0. The molecule has 9 rings (SSSR count). The van der Waals surface area contributed by atoms with Gasteiger partial charge in [-0.05, 0) is 72.6 Å². The summed E-state index contributed by atoms with van der Waals surface area (Å²) in [6.45, 7) is 6.82. The number of hydrogen-bond acceptors (Lipinski definition) is 4. The summed E-state index contributed by atoms with van der Waals surface area (Å²) in [5.74, 6) is 0.730. The molecule has 0 bridgehead atoms. The van der Waals surface area contributed by atoms with Gasteiger partial charge in [0.2, 0.25) is 0 Å².